The first kappa shape index (κ1) is 18.7. The van der Waals surface area contributed by atoms with Crippen molar-refractivity contribution in [3.8, 4) is 0 Å². The quantitative estimate of drug-likeness (QED) is 0.897. The lowest BCUT2D eigenvalue weighted by Gasteiger charge is -2.24. The highest BCUT2D eigenvalue weighted by atomic mass is 16.2. The van der Waals surface area contributed by atoms with E-state index in [1.54, 1.807) is 0 Å². The fourth-order valence-electron chi connectivity index (χ4n) is 3.94. The summed E-state index contributed by atoms with van der Waals surface area (Å²) in [6.07, 6.45) is 7.60. The molecule has 142 valence electrons. The number of aryl methyl sites for hydroxylation is 1. The van der Waals surface area contributed by atoms with Gasteiger partial charge in [-0.1, -0.05) is 38.3 Å². The van der Waals surface area contributed by atoms with Crippen molar-refractivity contribution >= 4 is 11.9 Å². The zero-order chi connectivity index (χ0) is 18.4. The van der Waals surface area contributed by atoms with Crippen LogP contribution in [0.25, 0.3) is 0 Å². The van der Waals surface area contributed by atoms with Crippen LogP contribution in [0.1, 0.15) is 61.4 Å². The molecule has 3 rings (SSSR count). The predicted octanol–water partition coefficient (Wildman–Crippen LogP) is 3.44. The number of nitrogens with one attached hydrogen (secondary N) is 1. The molecule has 2 fully saturated rings. The van der Waals surface area contributed by atoms with Gasteiger partial charge in [-0.25, -0.2) is 4.79 Å². The third-order valence-corrected chi connectivity index (χ3v) is 5.49. The van der Waals surface area contributed by atoms with Gasteiger partial charge in [0.2, 0.25) is 0 Å². The number of amides is 3. The molecule has 3 amide bonds. The molecule has 1 heterocycles. The van der Waals surface area contributed by atoms with Crippen molar-refractivity contribution in [3.05, 3.63) is 35.4 Å². The molecule has 0 atom stereocenters. The van der Waals surface area contributed by atoms with Gasteiger partial charge in [0.1, 0.15) is 0 Å². The third kappa shape index (κ3) is 4.77. The molecule has 1 aromatic rings. The highest BCUT2D eigenvalue weighted by Gasteiger charge is 2.25. The first-order chi connectivity index (χ1) is 12.7. The molecular formula is C21H31N3O2. The van der Waals surface area contributed by atoms with E-state index in [0.717, 1.165) is 44.2 Å². The van der Waals surface area contributed by atoms with Crippen LogP contribution >= 0.6 is 0 Å². The minimum absolute atomic E-state index is 0.0371. The van der Waals surface area contributed by atoms with E-state index in [1.807, 2.05) is 21.9 Å². The van der Waals surface area contributed by atoms with Crippen LogP contribution in [0.5, 0.6) is 0 Å². The maximum absolute atomic E-state index is 12.8. The van der Waals surface area contributed by atoms with Crippen LogP contribution in [0.3, 0.4) is 0 Å². The summed E-state index contributed by atoms with van der Waals surface area (Å²) in [4.78, 5) is 29.0. The number of urea groups is 1. The van der Waals surface area contributed by atoms with E-state index in [0.29, 0.717) is 25.7 Å². The summed E-state index contributed by atoms with van der Waals surface area (Å²) in [6, 6.07) is 8.34. The second-order valence-electron chi connectivity index (χ2n) is 7.51. The summed E-state index contributed by atoms with van der Waals surface area (Å²) in [5.74, 6) is 0.0751. The summed E-state index contributed by atoms with van der Waals surface area (Å²) in [5, 5.41) is 3.15. The molecule has 0 bridgehead atoms. The molecule has 1 aliphatic heterocycles. The lowest BCUT2D eigenvalue weighted by Crippen LogP contribution is -2.45. The first-order valence-electron chi connectivity index (χ1n) is 10.1. The summed E-state index contributed by atoms with van der Waals surface area (Å²) in [5.41, 5.74) is 2.02. The van der Waals surface area contributed by atoms with Crippen molar-refractivity contribution in [2.75, 3.05) is 26.2 Å². The Labute approximate surface area is 156 Å². The number of carbonyl (C=O) groups is 2. The van der Waals surface area contributed by atoms with E-state index < -0.39 is 0 Å². The number of carbonyl (C=O) groups excluding carboxylic acids is 2. The number of benzene rings is 1. The van der Waals surface area contributed by atoms with Gasteiger partial charge in [-0.05, 0) is 43.4 Å². The van der Waals surface area contributed by atoms with Gasteiger partial charge in [-0.15, -0.1) is 0 Å². The minimum Gasteiger partial charge on any atom is -0.337 e. The Morgan fingerprint density at radius 2 is 1.62 bits per heavy atom. The Balaban J connectivity index is 1.53. The number of hydrogen-bond donors (Lipinski definition) is 1. The van der Waals surface area contributed by atoms with Gasteiger partial charge in [0.15, 0.2) is 0 Å². The van der Waals surface area contributed by atoms with Crippen molar-refractivity contribution < 1.29 is 9.59 Å². The Hall–Kier alpha value is -2.04. The normalized spacial score (nSPS) is 18.7. The lowest BCUT2D eigenvalue weighted by atomic mass is 10.1. The Bertz CT molecular complexity index is 608. The van der Waals surface area contributed by atoms with Crippen molar-refractivity contribution in [1.82, 2.24) is 15.1 Å². The van der Waals surface area contributed by atoms with Crippen molar-refractivity contribution in [2.45, 2.75) is 57.9 Å². The van der Waals surface area contributed by atoms with Gasteiger partial charge in [0.25, 0.3) is 5.91 Å². The fourth-order valence-corrected chi connectivity index (χ4v) is 3.94. The van der Waals surface area contributed by atoms with Gasteiger partial charge in [-0.3, -0.25) is 4.79 Å². The van der Waals surface area contributed by atoms with Crippen LogP contribution in [-0.2, 0) is 6.42 Å². The summed E-state index contributed by atoms with van der Waals surface area (Å²) >= 11 is 0. The van der Waals surface area contributed by atoms with Gasteiger partial charge in [0, 0.05) is 37.8 Å². The SMILES string of the molecule is CCCc1ccc(C(=O)N2CCCN(C(=O)NC3CCCC3)CC2)cc1. The Morgan fingerprint density at radius 3 is 2.31 bits per heavy atom. The van der Waals surface area contributed by atoms with E-state index in [9.17, 15) is 9.59 Å². The summed E-state index contributed by atoms with van der Waals surface area (Å²) in [7, 11) is 0. The van der Waals surface area contributed by atoms with Crippen molar-refractivity contribution in [3.63, 3.8) is 0 Å². The van der Waals surface area contributed by atoms with Crippen LogP contribution in [0.15, 0.2) is 24.3 Å². The number of hydrogen-bond acceptors (Lipinski definition) is 2. The summed E-state index contributed by atoms with van der Waals surface area (Å²) in [6.45, 7) is 4.80. The molecule has 1 aromatic carbocycles. The predicted molar refractivity (Wildman–Crippen MR) is 103 cm³/mol. The zero-order valence-electron chi connectivity index (χ0n) is 15.9. The van der Waals surface area contributed by atoms with Crippen LogP contribution in [0, 0.1) is 0 Å². The topological polar surface area (TPSA) is 52.7 Å². The van der Waals surface area contributed by atoms with Crippen molar-refractivity contribution in [2.24, 2.45) is 0 Å². The van der Waals surface area contributed by atoms with E-state index >= 15 is 0 Å². The molecule has 0 unspecified atom stereocenters. The molecule has 1 N–H and O–H groups in total. The van der Waals surface area contributed by atoms with Gasteiger partial charge < -0.3 is 15.1 Å². The molecular weight excluding hydrogens is 326 g/mol. The highest BCUT2D eigenvalue weighted by Crippen LogP contribution is 2.18. The fraction of sp³-hybridized carbons (Fsp3) is 0.619. The van der Waals surface area contributed by atoms with Crippen molar-refractivity contribution in [1.29, 1.82) is 0 Å². The average Bonchev–Trinajstić information content (AvgIpc) is 3.03. The van der Waals surface area contributed by atoms with Gasteiger partial charge >= 0.3 is 6.03 Å². The van der Waals surface area contributed by atoms with Gasteiger partial charge in [0.05, 0.1) is 0 Å². The number of rotatable bonds is 4. The first-order valence-corrected chi connectivity index (χ1v) is 10.1. The minimum atomic E-state index is 0.0371. The second kappa shape index (κ2) is 9.06. The molecule has 5 heteroatoms. The molecule has 1 saturated heterocycles. The smallest absolute Gasteiger partial charge is 0.317 e. The van der Waals surface area contributed by atoms with E-state index in [-0.39, 0.29) is 11.9 Å². The Kier molecular flexibility index (Phi) is 6.53. The molecule has 0 aromatic heterocycles. The molecule has 1 aliphatic carbocycles. The summed E-state index contributed by atoms with van der Waals surface area (Å²) < 4.78 is 0. The monoisotopic (exact) mass is 357 g/mol. The molecule has 2 aliphatic rings. The number of nitrogens with zero attached hydrogens (tertiary/aromatic N) is 2. The lowest BCUT2D eigenvalue weighted by molar-refractivity contribution is 0.0762. The Morgan fingerprint density at radius 1 is 0.962 bits per heavy atom. The van der Waals surface area contributed by atoms with Crippen LogP contribution in [-0.4, -0.2) is 54.0 Å². The van der Waals surface area contributed by atoms with Crippen LogP contribution in [0.4, 0.5) is 4.79 Å². The van der Waals surface area contributed by atoms with E-state index in [1.165, 1.54) is 18.4 Å². The second-order valence-corrected chi connectivity index (χ2v) is 7.51. The maximum atomic E-state index is 12.8. The standard InChI is InChI=1S/C21H31N3O2/c1-2-6-17-9-11-18(12-10-17)20(25)23-13-5-14-24(16-15-23)21(26)22-19-7-3-4-8-19/h9-12,19H,2-8,13-16H2,1H3,(H,22,26). The maximum Gasteiger partial charge on any atom is 0.317 e. The zero-order valence-corrected chi connectivity index (χ0v) is 15.9. The third-order valence-electron chi connectivity index (χ3n) is 5.49. The molecule has 0 radical (unpaired) electrons. The average molecular weight is 357 g/mol. The molecule has 26 heavy (non-hydrogen) atoms. The molecule has 1 saturated carbocycles. The van der Waals surface area contributed by atoms with Crippen LogP contribution < -0.4 is 5.32 Å². The van der Waals surface area contributed by atoms with E-state index in [4.69, 9.17) is 0 Å². The molecule has 5 nitrogen and oxygen atoms in total. The van der Waals surface area contributed by atoms with Crippen LogP contribution in [0.2, 0.25) is 0 Å². The van der Waals surface area contributed by atoms with E-state index in [2.05, 4.69) is 24.4 Å². The van der Waals surface area contributed by atoms with Gasteiger partial charge in [-0.2, -0.15) is 0 Å². The highest BCUT2D eigenvalue weighted by molar-refractivity contribution is 5.94. The molecule has 0 spiro atoms. The largest absolute Gasteiger partial charge is 0.337 e.